The van der Waals surface area contributed by atoms with Gasteiger partial charge in [-0.3, -0.25) is 4.79 Å². The predicted octanol–water partition coefficient (Wildman–Crippen LogP) is 3.70. The SMILES string of the molecule is Cc1cc(C)cc(NC(=O)c2ccnc(NC3CCCC3)n2)c1. The van der Waals surface area contributed by atoms with Crippen molar-refractivity contribution in [3.05, 3.63) is 47.3 Å². The number of anilines is 2. The fourth-order valence-corrected chi connectivity index (χ4v) is 3.05. The van der Waals surface area contributed by atoms with Gasteiger partial charge in [0, 0.05) is 17.9 Å². The Bertz CT molecular complexity index is 688. The van der Waals surface area contributed by atoms with Gasteiger partial charge in [-0.1, -0.05) is 18.9 Å². The van der Waals surface area contributed by atoms with E-state index in [4.69, 9.17) is 0 Å². The molecule has 1 aromatic heterocycles. The molecule has 1 aliphatic rings. The second-order valence-electron chi connectivity index (χ2n) is 6.22. The molecule has 0 radical (unpaired) electrons. The molecule has 0 aliphatic heterocycles. The van der Waals surface area contributed by atoms with E-state index in [1.807, 2.05) is 26.0 Å². The minimum Gasteiger partial charge on any atom is -0.351 e. The maximum Gasteiger partial charge on any atom is 0.274 e. The van der Waals surface area contributed by atoms with E-state index >= 15 is 0 Å². The molecule has 1 aliphatic carbocycles. The summed E-state index contributed by atoms with van der Waals surface area (Å²) in [4.78, 5) is 21.0. The molecule has 2 N–H and O–H groups in total. The Kier molecular flexibility index (Phi) is 4.55. The zero-order valence-corrected chi connectivity index (χ0v) is 13.6. The maximum absolute atomic E-state index is 12.4. The van der Waals surface area contributed by atoms with Crippen molar-refractivity contribution in [3.63, 3.8) is 0 Å². The number of benzene rings is 1. The fraction of sp³-hybridized carbons (Fsp3) is 0.389. The molecule has 23 heavy (non-hydrogen) atoms. The van der Waals surface area contributed by atoms with Gasteiger partial charge in [-0.05, 0) is 56.0 Å². The van der Waals surface area contributed by atoms with E-state index in [9.17, 15) is 4.79 Å². The van der Waals surface area contributed by atoms with Gasteiger partial charge in [0.05, 0.1) is 0 Å². The Morgan fingerprint density at radius 1 is 1.13 bits per heavy atom. The van der Waals surface area contributed by atoms with E-state index in [0.29, 0.717) is 17.7 Å². The third-order valence-electron chi connectivity index (χ3n) is 4.06. The summed E-state index contributed by atoms with van der Waals surface area (Å²) in [6.45, 7) is 4.02. The fourth-order valence-electron chi connectivity index (χ4n) is 3.05. The third kappa shape index (κ3) is 4.06. The molecular formula is C18H22N4O. The molecule has 1 heterocycles. The Labute approximate surface area is 136 Å². The highest BCUT2D eigenvalue weighted by Gasteiger charge is 2.16. The lowest BCUT2D eigenvalue weighted by Gasteiger charge is -2.12. The van der Waals surface area contributed by atoms with Crippen molar-refractivity contribution in [2.45, 2.75) is 45.6 Å². The quantitative estimate of drug-likeness (QED) is 0.903. The first-order valence-corrected chi connectivity index (χ1v) is 8.09. The molecule has 1 aromatic carbocycles. The number of nitrogens with one attached hydrogen (secondary N) is 2. The van der Waals surface area contributed by atoms with Crippen molar-refractivity contribution in [2.75, 3.05) is 10.6 Å². The van der Waals surface area contributed by atoms with Crippen molar-refractivity contribution in [3.8, 4) is 0 Å². The Morgan fingerprint density at radius 2 is 1.83 bits per heavy atom. The number of hydrogen-bond acceptors (Lipinski definition) is 4. The number of nitrogens with zero attached hydrogens (tertiary/aromatic N) is 2. The maximum atomic E-state index is 12.4. The lowest BCUT2D eigenvalue weighted by molar-refractivity contribution is 0.102. The van der Waals surface area contributed by atoms with Crippen LogP contribution < -0.4 is 10.6 Å². The molecule has 5 nitrogen and oxygen atoms in total. The van der Waals surface area contributed by atoms with Gasteiger partial charge in [0.25, 0.3) is 5.91 Å². The second kappa shape index (κ2) is 6.77. The van der Waals surface area contributed by atoms with E-state index in [1.165, 1.54) is 12.8 Å². The number of amides is 1. The third-order valence-corrected chi connectivity index (χ3v) is 4.06. The molecule has 0 bridgehead atoms. The van der Waals surface area contributed by atoms with E-state index in [0.717, 1.165) is 29.7 Å². The molecule has 2 aromatic rings. The van der Waals surface area contributed by atoms with Gasteiger partial charge in [-0.15, -0.1) is 0 Å². The molecule has 0 unspecified atom stereocenters. The molecular weight excluding hydrogens is 288 g/mol. The highest BCUT2D eigenvalue weighted by Crippen LogP contribution is 2.21. The highest BCUT2D eigenvalue weighted by molar-refractivity contribution is 6.03. The van der Waals surface area contributed by atoms with E-state index in [1.54, 1.807) is 12.3 Å². The molecule has 0 spiro atoms. The number of hydrogen-bond donors (Lipinski definition) is 2. The first kappa shape index (κ1) is 15.5. The average molecular weight is 310 g/mol. The zero-order valence-electron chi connectivity index (χ0n) is 13.6. The minimum absolute atomic E-state index is 0.216. The van der Waals surface area contributed by atoms with Gasteiger partial charge in [0.1, 0.15) is 5.69 Å². The number of carbonyl (C=O) groups excluding carboxylic acids is 1. The van der Waals surface area contributed by atoms with Gasteiger partial charge in [0.15, 0.2) is 0 Å². The van der Waals surface area contributed by atoms with Crippen LogP contribution >= 0.6 is 0 Å². The molecule has 1 amide bonds. The summed E-state index contributed by atoms with van der Waals surface area (Å²) in [7, 11) is 0. The molecule has 120 valence electrons. The van der Waals surface area contributed by atoms with Crippen molar-refractivity contribution < 1.29 is 4.79 Å². The van der Waals surface area contributed by atoms with Crippen LogP contribution in [0.1, 0.15) is 47.3 Å². The number of carbonyl (C=O) groups is 1. The van der Waals surface area contributed by atoms with Crippen LogP contribution in [0.25, 0.3) is 0 Å². The van der Waals surface area contributed by atoms with Crippen LogP contribution in [0.3, 0.4) is 0 Å². The highest BCUT2D eigenvalue weighted by atomic mass is 16.1. The summed E-state index contributed by atoms with van der Waals surface area (Å²) in [5, 5.41) is 6.22. The Morgan fingerprint density at radius 3 is 2.52 bits per heavy atom. The van der Waals surface area contributed by atoms with E-state index < -0.39 is 0 Å². The molecule has 1 fully saturated rings. The first-order chi connectivity index (χ1) is 11.1. The number of rotatable bonds is 4. The molecule has 3 rings (SSSR count). The van der Waals surface area contributed by atoms with Crippen LogP contribution in [0.2, 0.25) is 0 Å². The van der Waals surface area contributed by atoms with Crippen LogP contribution in [0.5, 0.6) is 0 Å². The smallest absolute Gasteiger partial charge is 0.274 e. The van der Waals surface area contributed by atoms with Gasteiger partial charge in [-0.25, -0.2) is 9.97 Å². The number of aromatic nitrogens is 2. The van der Waals surface area contributed by atoms with Gasteiger partial charge in [-0.2, -0.15) is 0 Å². The van der Waals surface area contributed by atoms with Gasteiger partial charge in [0.2, 0.25) is 5.95 Å². The number of aryl methyl sites for hydroxylation is 2. The molecule has 0 atom stereocenters. The van der Waals surface area contributed by atoms with Crippen molar-refractivity contribution >= 4 is 17.5 Å². The minimum atomic E-state index is -0.216. The van der Waals surface area contributed by atoms with Crippen molar-refractivity contribution in [1.82, 2.24) is 9.97 Å². The van der Waals surface area contributed by atoms with Crippen molar-refractivity contribution in [1.29, 1.82) is 0 Å². The zero-order chi connectivity index (χ0) is 16.2. The lowest BCUT2D eigenvalue weighted by Crippen LogP contribution is -2.19. The van der Waals surface area contributed by atoms with Crippen LogP contribution in [-0.2, 0) is 0 Å². The molecule has 1 saturated carbocycles. The second-order valence-corrected chi connectivity index (χ2v) is 6.22. The van der Waals surface area contributed by atoms with Crippen LogP contribution in [-0.4, -0.2) is 21.9 Å². The summed E-state index contributed by atoms with van der Waals surface area (Å²) in [5.74, 6) is 0.317. The summed E-state index contributed by atoms with van der Waals surface area (Å²) in [5.41, 5.74) is 3.40. The molecule has 0 saturated heterocycles. The predicted molar refractivity (Wildman–Crippen MR) is 91.8 cm³/mol. The van der Waals surface area contributed by atoms with Crippen LogP contribution in [0.15, 0.2) is 30.5 Å². The lowest BCUT2D eigenvalue weighted by atomic mass is 10.1. The first-order valence-electron chi connectivity index (χ1n) is 8.09. The van der Waals surface area contributed by atoms with Crippen LogP contribution in [0.4, 0.5) is 11.6 Å². The van der Waals surface area contributed by atoms with Gasteiger partial charge < -0.3 is 10.6 Å². The average Bonchev–Trinajstić information content (AvgIpc) is 2.99. The largest absolute Gasteiger partial charge is 0.351 e. The van der Waals surface area contributed by atoms with E-state index in [-0.39, 0.29) is 5.91 Å². The van der Waals surface area contributed by atoms with Crippen molar-refractivity contribution in [2.24, 2.45) is 0 Å². The monoisotopic (exact) mass is 310 g/mol. The summed E-state index contributed by atoms with van der Waals surface area (Å²) in [6, 6.07) is 8.03. The summed E-state index contributed by atoms with van der Waals surface area (Å²) in [6.07, 6.45) is 6.39. The summed E-state index contributed by atoms with van der Waals surface area (Å²) < 4.78 is 0. The van der Waals surface area contributed by atoms with Gasteiger partial charge >= 0.3 is 0 Å². The summed E-state index contributed by atoms with van der Waals surface area (Å²) >= 11 is 0. The topological polar surface area (TPSA) is 66.9 Å². The Hall–Kier alpha value is -2.43. The van der Waals surface area contributed by atoms with Crippen LogP contribution in [0, 0.1) is 13.8 Å². The van der Waals surface area contributed by atoms with E-state index in [2.05, 4.69) is 26.7 Å². The molecule has 5 heteroatoms. The standard InChI is InChI=1S/C18H22N4O/c1-12-9-13(2)11-15(10-12)20-17(23)16-7-8-19-18(22-16)21-14-5-3-4-6-14/h7-11,14H,3-6H2,1-2H3,(H,20,23)(H,19,21,22). The normalized spacial score (nSPS) is 14.7. The Balaban J connectivity index is 1.71.